The Kier molecular flexibility index (Phi) is 18.8. The number of benzene rings is 2. The number of aliphatic carboxylic acids is 2. The molecule has 0 radical (unpaired) electrons. The van der Waals surface area contributed by atoms with E-state index in [1.165, 1.54) is 101 Å². The van der Waals surface area contributed by atoms with Gasteiger partial charge < -0.3 is 38.7 Å². The minimum atomic E-state index is -1.10. The third-order valence-electron chi connectivity index (χ3n) is 11.9. The van der Waals surface area contributed by atoms with Gasteiger partial charge in [-0.1, -0.05) is 74.9 Å². The van der Waals surface area contributed by atoms with Crippen LogP contribution in [0.5, 0.6) is 11.5 Å². The quantitative estimate of drug-likeness (QED) is 0.158. The number of carbonyl (C=O) groups is 2. The predicted octanol–water partition coefficient (Wildman–Crippen LogP) is 5.69. The van der Waals surface area contributed by atoms with Crippen LogP contribution in [0, 0.1) is 10.8 Å². The molecule has 0 heterocycles. The van der Waals surface area contributed by atoms with E-state index in [1.54, 1.807) is 0 Å². The molecule has 0 N–H and O–H groups in total. The number of rotatable bonds is 16. The van der Waals surface area contributed by atoms with E-state index in [2.05, 4.69) is 12.2 Å². The smallest absolute Gasteiger partial charge is 0.550 e. The normalized spacial score (nSPS) is 19.7. The van der Waals surface area contributed by atoms with Crippen LogP contribution in [0.1, 0.15) is 153 Å². The van der Waals surface area contributed by atoms with Crippen molar-refractivity contribution in [2.24, 2.45) is 10.8 Å². The average molecular weight is 766 g/mol. The van der Waals surface area contributed by atoms with Gasteiger partial charge in [-0.25, -0.2) is 0 Å². The zero-order valence-electron chi connectivity index (χ0n) is 33.8. The topological polar surface area (TPSA) is 117 Å². The predicted molar refractivity (Wildman–Crippen MR) is 207 cm³/mol. The molecule has 2 aromatic rings. The third-order valence-corrected chi connectivity index (χ3v) is 11.9. The van der Waals surface area contributed by atoms with Gasteiger partial charge in [-0.2, -0.15) is 0 Å². The summed E-state index contributed by atoms with van der Waals surface area (Å²) in [6.45, 7) is 5.94. The molecule has 4 aliphatic rings. The number of hydrogen-bond acceptors (Lipinski definition) is 8. The first kappa shape index (κ1) is 45.1. The van der Waals surface area contributed by atoms with Gasteiger partial charge in [-0.3, -0.25) is 0 Å². The Bertz CT molecular complexity index is 1400. The van der Waals surface area contributed by atoms with Crippen molar-refractivity contribution < 1.29 is 68.3 Å². The fourth-order valence-electron chi connectivity index (χ4n) is 9.18. The Morgan fingerprint density at radius 2 is 0.909 bits per heavy atom. The molecule has 0 saturated heterocycles. The van der Waals surface area contributed by atoms with E-state index < -0.39 is 24.1 Å². The van der Waals surface area contributed by atoms with Crippen LogP contribution in [-0.2, 0) is 19.1 Å². The van der Waals surface area contributed by atoms with Gasteiger partial charge in [-0.05, 0) is 135 Å². The van der Waals surface area contributed by atoms with E-state index >= 15 is 0 Å². The van der Waals surface area contributed by atoms with Crippen LogP contribution in [0.25, 0.3) is 0 Å². The van der Waals surface area contributed by atoms with Crippen molar-refractivity contribution in [3.8, 4) is 11.5 Å². The molecule has 2 fully saturated rings. The summed E-state index contributed by atoms with van der Waals surface area (Å²) in [6.07, 6.45) is 24.9. The van der Waals surface area contributed by atoms with Crippen LogP contribution >= 0.6 is 0 Å². The summed E-state index contributed by atoms with van der Waals surface area (Å²) in [5.74, 6) is -0.581. The minimum absolute atomic E-state index is 0. The summed E-state index contributed by atoms with van der Waals surface area (Å²) in [5.41, 5.74) is 5.41. The fourth-order valence-corrected chi connectivity index (χ4v) is 9.18. The maximum Gasteiger partial charge on any atom is 1.00 e. The first-order chi connectivity index (χ1) is 26.2. The Morgan fingerprint density at radius 1 is 0.564 bits per heavy atom. The Balaban J connectivity index is 0.000000240. The zero-order chi connectivity index (χ0) is 38.2. The van der Waals surface area contributed by atoms with Crippen LogP contribution in [-0.4, -0.2) is 38.4 Å². The molecule has 4 aliphatic carbocycles. The summed E-state index contributed by atoms with van der Waals surface area (Å²) in [4.78, 5) is 21.8. The van der Waals surface area contributed by atoms with Crippen molar-refractivity contribution in [2.45, 2.75) is 142 Å². The third kappa shape index (κ3) is 14.4. The molecule has 9 heteroatoms. The van der Waals surface area contributed by atoms with Gasteiger partial charge in [0, 0.05) is 38.0 Å². The first-order valence-corrected chi connectivity index (χ1v) is 20.7. The van der Waals surface area contributed by atoms with Gasteiger partial charge in [0.25, 0.3) is 0 Å². The van der Waals surface area contributed by atoms with E-state index in [9.17, 15) is 19.8 Å². The SMILES string of the molecule is CCOC(CC(=O)[O-])c1ccc(OCC2=CC3(CCCCC3)CCC2)cc1.CCOC(CC(=O)[O-])c1ccc(OCC2=CC3(CCCCC3)CCC2)cc1.[Na+]. The van der Waals surface area contributed by atoms with E-state index in [0.717, 1.165) is 35.5 Å². The van der Waals surface area contributed by atoms with Gasteiger partial charge in [-0.15, -0.1) is 0 Å². The molecular formula is C46H62NaO8-. The first-order valence-electron chi connectivity index (χ1n) is 20.7. The largest absolute Gasteiger partial charge is 1.00 e. The summed E-state index contributed by atoms with van der Waals surface area (Å²) >= 11 is 0. The van der Waals surface area contributed by atoms with Crippen molar-refractivity contribution in [3.63, 3.8) is 0 Å². The zero-order valence-corrected chi connectivity index (χ0v) is 35.8. The number of hydrogen-bond donors (Lipinski definition) is 0. The average Bonchev–Trinajstić information content (AvgIpc) is 3.17. The van der Waals surface area contributed by atoms with E-state index in [0.29, 0.717) is 37.3 Å². The van der Waals surface area contributed by atoms with Crippen molar-refractivity contribution in [1.29, 1.82) is 0 Å². The number of carboxylic acids is 2. The molecule has 0 aliphatic heterocycles. The minimum Gasteiger partial charge on any atom is -0.550 e. The van der Waals surface area contributed by atoms with E-state index in [-0.39, 0.29) is 42.4 Å². The van der Waals surface area contributed by atoms with Crippen LogP contribution in [0.2, 0.25) is 0 Å². The molecule has 0 bridgehead atoms. The molecule has 8 nitrogen and oxygen atoms in total. The van der Waals surface area contributed by atoms with Crippen LogP contribution in [0.3, 0.4) is 0 Å². The van der Waals surface area contributed by atoms with E-state index in [1.807, 2.05) is 62.4 Å². The molecule has 2 aromatic carbocycles. The van der Waals surface area contributed by atoms with Gasteiger partial charge in [0.05, 0.1) is 12.2 Å². The molecule has 0 amide bonds. The molecule has 6 rings (SSSR count). The Hall–Kier alpha value is -2.62. The van der Waals surface area contributed by atoms with E-state index in [4.69, 9.17) is 18.9 Å². The van der Waals surface area contributed by atoms with Gasteiger partial charge in [0.2, 0.25) is 0 Å². The van der Waals surface area contributed by atoms with Crippen molar-refractivity contribution in [3.05, 3.63) is 83.0 Å². The molecule has 2 spiro atoms. The van der Waals surface area contributed by atoms with Gasteiger partial charge in [0.1, 0.15) is 24.7 Å². The summed E-state index contributed by atoms with van der Waals surface area (Å²) in [7, 11) is 0. The standard InChI is InChI=1S/2C23H32O4.Na/c2*1-2-26-21(15-22(24)25)19-8-10-20(11-9-19)27-17-18-7-6-14-23(16-18)12-4-3-5-13-23;/h2*8-11,16,21H,2-7,12-15,17H2,1H3,(H,24,25);/q;;+1/p-2. The molecular weight excluding hydrogens is 703 g/mol. The van der Waals surface area contributed by atoms with Gasteiger partial charge >= 0.3 is 29.6 Å². The number of allylic oxidation sites excluding steroid dienone is 2. The number of carboxylic acid groups (broad SMARTS) is 2. The Labute approximate surface area is 351 Å². The van der Waals surface area contributed by atoms with Crippen molar-refractivity contribution >= 4 is 11.9 Å². The molecule has 2 unspecified atom stereocenters. The van der Waals surface area contributed by atoms with Crippen LogP contribution in [0.15, 0.2) is 71.8 Å². The summed E-state index contributed by atoms with van der Waals surface area (Å²) in [6, 6.07) is 15.1. The molecule has 2 saturated carbocycles. The number of carbonyl (C=O) groups excluding carboxylic acids is 2. The maximum absolute atomic E-state index is 10.9. The second-order valence-corrected chi connectivity index (χ2v) is 15.9. The summed E-state index contributed by atoms with van der Waals surface area (Å²) in [5, 5.41) is 21.8. The van der Waals surface area contributed by atoms with Crippen LogP contribution in [0.4, 0.5) is 0 Å². The van der Waals surface area contributed by atoms with Gasteiger partial charge in [0.15, 0.2) is 0 Å². The van der Waals surface area contributed by atoms with Crippen molar-refractivity contribution in [2.75, 3.05) is 26.4 Å². The molecule has 0 aromatic heterocycles. The fraction of sp³-hybridized carbons (Fsp3) is 0.609. The number of ether oxygens (including phenoxy) is 4. The molecule has 55 heavy (non-hydrogen) atoms. The second kappa shape index (κ2) is 23.0. The monoisotopic (exact) mass is 765 g/mol. The van der Waals surface area contributed by atoms with Crippen LogP contribution < -0.4 is 49.2 Å². The second-order valence-electron chi connectivity index (χ2n) is 15.9. The Morgan fingerprint density at radius 3 is 1.24 bits per heavy atom. The molecule has 296 valence electrons. The maximum atomic E-state index is 10.9. The molecule has 2 atom stereocenters. The van der Waals surface area contributed by atoms with Crippen molar-refractivity contribution in [1.82, 2.24) is 0 Å². The summed E-state index contributed by atoms with van der Waals surface area (Å²) < 4.78 is 23.1.